The number of hydrogen-bond acceptors (Lipinski definition) is 9. The number of methoxy groups -OCH3 is 1. The highest BCUT2D eigenvalue weighted by molar-refractivity contribution is 7.21. The van der Waals surface area contributed by atoms with Gasteiger partial charge in [0.25, 0.3) is 5.91 Å². The van der Waals surface area contributed by atoms with Gasteiger partial charge < -0.3 is 26.4 Å². The minimum absolute atomic E-state index is 0.187. The van der Waals surface area contributed by atoms with Gasteiger partial charge in [-0.1, -0.05) is 0 Å². The van der Waals surface area contributed by atoms with Crippen molar-refractivity contribution >= 4 is 39.0 Å². The molecule has 186 valence electrons. The van der Waals surface area contributed by atoms with Crippen molar-refractivity contribution in [2.75, 3.05) is 30.8 Å². The number of halogens is 1. The number of nitrogens with two attached hydrogens (primary N) is 2. The van der Waals surface area contributed by atoms with Crippen molar-refractivity contribution in [3.8, 4) is 0 Å². The molecule has 1 fully saturated rings. The maximum absolute atomic E-state index is 15.2. The average molecular weight is 500 g/mol. The van der Waals surface area contributed by atoms with E-state index in [9.17, 15) is 4.79 Å². The van der Waals surface area contributed by atoms with Crippen molar-refractivity contribution in [3.63, 3.8) is 0 Å². The van der Waals surface area contributed by atoms with Gasteiger partial charge in [-0.3, -0.25) is 4.79 Å². The van der Waals surface area contributed by atoms with E-state index in [2.05, 4.69) is 15.3 Å². The molecule has 0 spiro atoms. The number of carbonyl (C=O) groups is 1. The number of thiophene rings is 1. The van der Waals surface area contributed by atoms with Gasteiger partial charge in [-0.05, 0) is 40.0 Å². The van der Waals surface area contributed by atoms with Crippen LogP contribution in [0.5, 0.6) is 0 Å². The first-order valence-corrected chi connectivity index (χ1v) is 12.5. The maximum Gasteiger partial charge on any atom is 0.263 e. The highest BCUT2D eigenvalue weighted by atomic mass is 32.1. The largest absolute Gasteiger partial charge is 0.397 e. The summed E-state index contributed by atoms with van der Waals surface area (Å²) in [5.74, 6) is 0.624. The van der Waals surface area contributed by atoms with Crippen molar-refractivity contribution in [2.45, 2.75) is 57.7 Å². The molecule has 0 bridgehead atoms. The quantitative estimate of drug-likeness (QED) is 0.498. The van der Waals surface area contributed by atoms with Crippen LogP contribution in [0.15, 0.2) is 6.07 Å². The Morgan fingerprint density at radius 2 is 2.11 bits per heavy atom. The van der Waals surface area contributed by atoms with Gasteiger partial charge in [0.2, 0.25) is 0 Å². The van der Waals surface area contributed by atoms with Gasteiger partial charge in [-0.15, -0.1) is 11.3 Å². The molecule has 0 aromatic carbocycles. The molecule has 3 aromatic rings. The fourth-order valence-electron chi connectivity index (χ4n) is 5.07. The molecule has 1 amide bonds. The zero-order chi connectivity index (χ0) is 25.1. The number of nitrogen functional groups attached to an aromatic ring is 1. The molecule has 5 N–H and O–H groups in total. The van der Waals surface area contributed by atoms with Crippen LogP contribution in [-0.2, 0) is 17.6 Å². The summed E-state index contributed by atoms with van der Waals surface area (Å²) in [6, 6.07) is 1.06. The van der Waals surface area contributed by atoms with Crippen LogP contribution in [0.25, 0.3) is 10.2 Å². The normalized spacial score (nSPS) is 24.1. The van der Waals surface area contributed by atoms with Crippen molar-refractivity contribution < 1.29 is 13.9 Å². The number of aryl methyl sites for hydroxylation is 3. The third-order valence-electron chi connectivity index (χ3n) is 7.24. The summed E-state index contributed by atoms with van der Waals surface area (Å²) < 4.78 is 20.8. The fraction of sp³-hybridized carbons (Fsp3) is 0.500. The molecule has 2 aliphatic rings. The van der Waals surface area contributed by atoms with E-state index >= 15 is 4.39 Å². The van der Waals surface area contributed by atoms with E-state index in [4.69, 9.17) is 21.2 Å². The first-order valence-electron chi connectivity index (χ1n) is 11.7. The van der Waals surface area contributed by atoms with Gasteiger partial charge in [-0.25, -0.2) is 19.3 Å². The van der Waals surface area contributed by atoms with Crippen LogP contribution in [0.2, 0.25) is 0 Å². The fourth-order valence-corrected chi connectivity index (χ4v) is 6.17. The Balaban J connectivity index is 1.33. The first-order chi connectivity index (χ1) is 16.6. The zero-order valence-corrected chi connectivity index (χ0v) is 21.1. The minimum Gasteiger partial charge on any atom is -0.397 e. The summed E-state index contributed by atoms with van der Waals surface area (Å²) in [7, 11) is 1.64. The van der Waals surface area contributed by atoms with E-state index in [1.165, 1.54) is 17.4 Å². The second-order valence-corrected chi connectivity index (χ2v) is 10.7. The molecule has 0 radical (unpaired) electrons. The molecule has 4 heterocycles. The van der Waals surface area contributed by atoms with Crippen LogP contribution in [0.1, 0.15) is 45.8 Å². The number of nitrogens with one attached hydrogen (secondary N) is 1. The number of aromatic nitrogens is 3. The van der Waals surface area contributed by atoms with Crippen LogP contribution < -0.4 is 21.7 Å². The predicted octanol–water partition coefficient (Wildman–Crippen LogP) is 2.26. The Labute approximate surface area is 207 Å². The van der Waals surface area contributed by atoms with Gasteiger partial charge in [-0.2, -0.15) is 0 Å². The second-order valence-electron chi connectivity index (χ2n) is 9.69. The molecule has 3 aromatic heterocycles. The molecule has 5 rings (SSSR count). The number of carbonyl (C=O) groups excluding carboxylic acids is 1. The number of hydrogen-bond donors (Lipinski definition) is 3. The lowest BCUT2D eigenvalue weighted by atomic mass is 9.91. The van der Waals surface area contributed by atoms with Gasteiger partial charge in [0.1, 0.15) is 27.2 Å². The molecular weight excluding hydrogens is 469 g/mol. The number of pyridine rings is 1. The Morgan fingerprint density at radius 1 is 1.34 bits per heavy atom. The predicted molar refractivity (Wildman–Crippen MR) is 134 cm³/mol. The Bertz CT molecular complexity index is 1330. The van der Waals surface area contributed by atoms with Gasteiger partial charge in [0.15, 0.2) is 0 Å². The van der Waals surface area contributed by atoms with Crippen LogP contribution in [0, 0.1) is 19.7 Å². The summed E-state index contributed by atoms with van der Waals surface area (Å²) in [5.41, 5.74) is 14.5. The molecule has 9 nitrogen and oxygen atoms in total. The maximum atomic E-state index is 15.2. The topological polar surface area (TPSA) is 132 Å². The lowest BCUT2D eigenvalue weighted by Crippen LogP contribution is -2.45. The Kier molecular flexibility index (Phi) is 5.89. The summed E-state index contributed by atoms with van der Waals surface area (Å²) in [5, 5.41) is 3.75. The third-order valence-corrected chi connectivity index (χ3v) is 8.34. The Hall–Kier alpha value is -2.89. The zero-order valence-electron chi connectivity index (χ0n) is 20.3. The van der Waals surface area contributed by atoms with E-state index in [1.54, 1.807) is 7.11 Å². The molecular formula is C24H30FN7O2S. The summed E-state index contributed by atoms with van der Waals surface area (Å²) in [6.07, 6.45) is 1.60. The number of amides is 1. The highest BCUT2D eigenvalue weighted by Crippen LogP contribution is 2.35. The average Bonchev–Trinajstić information content (AvgIpc) is 3.30. The number of fused-ring (bicyclic) bond motifs is 2. The van der Waals surface area contributed by atoms with Crippen molar-refractivity contribution in [1.82, 2.24) is 20.3 Å². The molecule has 11 heteroatoms. The van der Waals surface area contributed by atoms with E-state index < -0.39 is 5.60 Å². The summed E-state index contributed by atoms with van der Waals surface area (Å²) in [4.78, 5) is 29.7. The van der Waals surface area contributed by atoms with Crippen LogP contribution in [-0.4, -0.2) is 58.7 Å². The molecule has 35 heavy (non-hydrogen) atoms. The first kappa shape index (κ1) is 23.8. The molecule has 3 atom stereocenters. The minimum atomic E-state index is -0.499. The van der Waals surface area contributed by atoms with E-state index in [1.807, 2.05) is 25.7 Å². The highest BCUT2D eigenvalue weighted by Gasteiger charge is 2.42. The lowest BCUT2D eigenvalue weighted by molar-refractivity contribution is 0.0129. The van der Waals surface area contributed by atoms with Crippen molar-refractivity contribution in [3.05, 3.63) is 39.5 Å². The molecule has 1 aliphatic carbocycles. The second kappa shape index (κ2) is 8.65. The molecule has 0 saturated carbocycles. The standard InChI is InChI=1S/C24H30FN7O2S/c1-11-19-20(27)21(35-23(19)29-12(2)28-11)22(33)30-13-5-6-16-14(7-13)15(25)8-18(31-16)32-9-17(26)24(3,10-32)34-4/h8,13,17H,5-7,9-10,26-27H2,1-4H3,(H,30,33). The number of nitrogens with zero attached hydrogens (tertiary/aromatic N) is 4. The SMILES string of the molecule is COC1(C)CN(c2cc(F)c3c(n2)CCC(NC(=O)c2sc4nc(C)nc(C)c4c2N)C3)CC1N. The van der Waals surface area contributed by atoms with E-state index in [-0.39, 0.29) is 23.8 Å². The van der Waals surface area contributed by atoms with Crippen molar-refractivity contribution in [2.24, 2.45) is 5.73 Å². The van der Waals surface area contributed by atoms with Gasteiger partial charge in [0, 0.05) is 43.6 Å². The monoisotopic (exact) mass is 499 g/mol. The molecule has 3 unspecified atom stereocenters. The summed E-state index contributed by atoms with van der Waals surface area (Å²) >= 11 is 1.25. The third kappa shape index (κ3) is 4.11. The summed E-state index contributed by atoms with van der Waals surface area (Å²) in [6.45, 7) is 6.72. The smallest absolute Gasteiger partial charge is 0.263 e. The van der Waals surface area contributed by atoms with Gasteiger partial charge >= 0.3 is 0 Å². The van der Waals surface area contributed by atoms with E-state index in [0.29, 0.717) is 70.3 Å². The number of rotatable bonds is 4. The van der Waals surface area contributed by atoms with Crippen LogP contribution in [0.4, 0.5) is 15.9 Å². The molecule has 1 aliphatic heterocycles. The van der Waals surface area contributed by atoms with Crippen LogP contribution >= 0.6 is 11.3 Å². The number of anilines is 2. The van der Waals surface area contributed by atoms with Crippen molar-refractivity contribution in [1.29, 1.82) is 0 Å². The lowest BCUT2D eigenvalue weighted by Gasteiger charge is -2.28. The Morgan fingerprint density at radius 3 is 2.83 bits per heavy atom. The van der Waals surface area contributed by atoms with Crippen LogP contribution in [0.3, 0.4) is 0 Å². The molecule has 1 saturated heterocycles. The van der Waals surface area contributed by atoms with E-state index in [0.717, 1.165) is 11.4 Å². The number of ether oxygens (including phenoxy) is 1. The van der Waals surface area contributed by atoms with Gasteiger partial charge in [0.05, 0.1) is 28.4 Å².